The molecule has 0 aromatic heterocycles. The standard InChI is InChI=1S/C20H31NO3S/c1-5-6-7-8-9-10-11-18-19(22)21(20(18,3)4)25(23,24)17-14-12-16(2)13-15-17/h12-15,18H,5-11H2,1-4H3. The molecule has 1 aliphatic rings. The molecule has 1 saturated heterocycles. The van der Waals surface area contributed by atoms with Crippen LogP contribution in [-0.2, 0) is 14.8 Å². The van der Waals surface area contributed by atoms with Crippen molar-refractivity contribution in [3.05, 3.63) is 29.8 Å². The van der Waals surface area contributed by atoms with Gasteiger partial charge >= 0.3 is 0 Å². The molecule has 2 rings (SSSR count). The number of hydrogen-bond donors (Lipinski definition) is 0. The molecule has 1 heterocycles. The van der Waals surface area contributed by atoms with E-state index in [1.165, 1.54) is 25.7 Å². The first-order chi connectivity index (χ1) is 11.7. The summed E-state index contributed by atoms with van der Waals surface area (Å²) in [5, 5.41) is 0. The van der Waals surface area contributed by atoms with Crippen molar-refractivity contribution in [1.82, 2.24) is 4.31 Å². The highest BCUT2D eigenvalue weighted by Crippen LogP contribution is 2.44. The van der Waals surface area contributed by atoms with Crippen LogP contribution >= 0.6 is 0 Å². The molecule has 5 heteroatoms. The average Bonchev–Trinajstić information content (AvgIpc) is 2.53. The first-order valence-electron chi connectivity index (χ1n) is 9.39. The van der Waals surface area contributed by atoms with Crippen molar-refractivity contribution < 1.29 is 13.2 Å². The third-order valence-corrected chi connectivity index (χ3v) is 7.28. The zero-order valence-electron chi connectivity index (χ0n) is 15.9. The number of amides is 1. The van der Waals surface area contributed by atoms with Gasteiger partial charge in [0.15, 0.2) is 0 Å². The highest BCUT2D eigenvalue weighted by molar-refractivity contribution is 7.89. The van der Waals surface area contributed by atoms with Crippen molar-refractivity contribution in [3.63, 3.8) is 0 Å². The summed E-state index contributed by atoms with van der Waals surface area (Å²) in [4.78, 5) is 12.8. The second-order valence-corrected chi connectivity index (χ2v) is 9.47. The topological polar surface area (TPSA) is 54.5 Å². The molecule has 1 atom stereocenters. The number of unbranched alkanes of at least 4 members (excludes halogenated alkanes) is 5. The Kier molecular flexibility index (Phi) is 6.30. The fourth-order valence-electron chi connectivity index (χ4n) is 3.65. The number of hydrogen-bond acceptors (Lipinski definition) is 3. The highest BCUT2D eigenvalue weighted by atomic mass is 32.2. The van der Waals surface area contributed by atoms with Crippen LogP contribution in [0.1, 0.15) is 71.3 Å². The van der Waals surface area contributed by atoms with E-state index in [9.17, 15) is 13.2 Å². The van der Waals surface area contributed by atoms with Gasteiger partial charge in [0.2, 0.25) is 5.91 Å². The minimum Gasteiger partial charge on any atom is -0.273 e. The zero-order chi connectivity index (χ0) is 18.7. The third kappa shape index (κ3) is 4.08. The summed E-state index contributed by atoms with van der Waals surface area (Å²) < 4.78 is 26.8. The smallest absolute Gasteiger partial charge is 0.267 e. The minimum atomic E-state index is -3.77. The Morgan fingerprint density at radius 1 is 1.00 bits per heavy atom. The Hall–Kier alpha value is -1.36. The summed E-state index contributed by atoms with van der Waals surface area (Å²) in [5.41, 5.74) is 0.346. The number of β-lactam (4-membered cyclic amide) rings is 1. The second-order valence-electron chi connectivity index (χ2n) is 7.68. The number of sulfonamides is 1. The number of carbonyl (C=O) groups excluding carboxylic acids is 1. The van der Waals surface area contributed by atoms with Crippen molar-refractivity contribution in [3.8, 4) is 0 Å². The third-order valence-electron chi connectivity index (χ3n) is 5.28. The molecule has 0 N–H and O–H groups in total. The lowest BCUT2D eigenvalue weighted by atomic mass is 9.75. The largest absolute Gasteiger partial charge is 0.273 e. The van der Waals surface area contributed by atoms with Crippen LogP contribution < -0.4 is 0 Å². The Morgan fingerprint density at radius 2 is 1.56 bits per heavy atom. The summed E-state index contributed by atoms with van der Waals surface area (Å²) >= 11 is 0. The lowest BCUT2D eigenvalue weighted by Crippen LogP contribution is -2.69. The van der Waals surface area contributed by atoms with Crippen LogP contribution in [0.25, 0.3) is 0 Å². The molecule has 4 nitrogen and oxygen atoms in total. The van der Waals surface area contributed by atoms with Gasteiger partial charge in [-0.3, -0.25) is 4.79 Å². The van der Waals surface area contributed by atoms with Gasteiger partial charge in [-0.25, -0.2) is 12.7 Å². The number of benzene rings is 1. The number of rotatable bonds is 9. The number of nitrogens with zero attached hydrogens (tertiary/aromatic N) is 1. The molecule has 140 valence electrons. The lowest BCUT2D eigenvalue weighted by Gasteiger charge is -2.52. The molecule has 0 radical (unpaired) electrons. The van der Waals surface area contributed by atoms with Gasteiger partial charge in [0, 0.05) is 0 Å². The van der Waals surface area contributed by atoms with E-state index in [-0.39, 0.29) is 16.7 Å². The summed E-state index contributed by atoms with van der Waals surface area (Å²) in [6.45, 7) is 7.83. The normalized spacial score (nSPS) is 19.8. The van der Waals surface area contributed by atoms with Gasteiger partial charge in [-0.2, -0.15) is 0 Å². The van der Waals surface area contributed by atoms with Gasteiger partial charge in [0.1, 0.15) is 0 Å². The van der Waals surface area contributed by atoms with Crippen LogP contribution in [-0.4, -0.2) is 24.2 Å². The van der Waals surface area contributed by atoms with Crippen molar-refractivity contribution in [2.75, 3.05) is 0 Å². The van der Waals surface area contributed by atoms with Gasteiger partial charge in [0.05, 0.1) is 16.4 Å². The fraction of sp³-hybridized carbons (Fsp3) is 0.650. The van der Waals surface area contributed by atoms with Crippen LogP contribution in [0.3, 0.4) is 0 Å². The first kappa shape index (κ1) is 20.0. The molecule has 1 unspecified atom stereocenters. The lowest BCUT2D eigenvalue weighted by molar-refractivity contribution is -0.154. The van der Waals surface area contributed by atoms with Crippen LogP contribution in [0.4, 0.5) is 0 Å². The molecule has 0 spiro atoms. The van der Waals surface area contributed by atoms with Gasteiger partial charge in [0.25, 0.3) is 10.0 Å². The van der Waals surface area contributed by atoms with Crippen LogP contribution in [0.5, 0.6) is 0 Å². The van der Waals surface area contributed by atoms with E-state index < -0.39 is 15.6 Å². The molecular weight excluding hydrogens is 334 g/mol. The van der Waals surface area contributed by atoms with Gasteiger partial charge in [-0.1, -0.05) is 63.1 Å². The van der Waals surface area contributed by atoms with E-state index in [0.29, 0.717) is 0 Å². The summed E-state index contributed by atoms with van der Waals surface area (Å²) in [6, 6.07) is 6.68. The molecule has 1 amide bonds. The molecular formula is C20H31NO3S. The maximum Gasteiger partial charge on any atom is 0.267 e. The first-order valence-corrected chi connectivity index (χ1v) is 10.8. The predicted molar refractivity (Wildman–Crippen MR) is 101 cm³/mol. The van der Waals surface area contributed by atoms with Gasteiger partial charge < -0.3 is 0 Å². The molecule has 1 aromatic rings. The monoisotopic (exact) mass is 365 g/mol. The predicted octanol–water partition coefficient (Wildman–Crippen LogP) is 4.67. The van der Waals surface area contributed by atoms with Crippen LogP contribution in [0, 0.1) is 12.8 Å². The quantitative estimate of drug-likeness (QED) is 0.472. The van der Waals surface area contributed by atoms with Crippen molar-refractivity contribution >= 4 is 15.9 Å². The Bertz CT molecular complexity index is 692. The van der Waals surface area contributed by atoms with Crippen molar-refractivity contribution in [1.29, 1.82) is 0 Å². The zero-order valence-corrected chi connectivity index (χ0v) is 16.7. The number of carbonyl (C=O) groups is 1. The summed E-state index contributed by atoms with van der Waals surface area (Å²) in [7, 11) is -3.77. The van der Waals surface area contributed by atoms with Gasteiger partial charge in [-0.15, -0.1) is 0 Å². The molecule has 25 heavy (non-hydrogen) atoms. The van der Waals surface area contributed by atoms with E-state index in [1.807, 2.05) is 20.8 Å². The SMILES string of the molecule is CCCCCCCCC1C(=O)N(S(=O)(=O)c2ccc(C)cc2)C1(C)C. The Labute approximate surface area is 152 Å². The van der Waals surface area contributed by atoms with E-state index in [2.05, 4.69) is 6.92 Å². The van der Waals surface area contributed by atoms with E-state index in [0.717, 1.165) is 29.1 Å². The Balaban J connectivity index is 2.00. The van der Waals surface area contributed by atoms with Crippen molar-refractivity contribution in [2.24, 2.45) is 5.92 Å². The Morgan fingerprint density at radius 3 is 2.12 bits per heavy atom. The maximum absolute atomic E-state index is 12.9. The molecule has 1 fully saturated rings. The molecule has 0 aliphatic carbocycles. The minimum absolute atomic E-state index is 0.192. The number of aryl methyl sites for hydroxylation is 1. The average molecular weight is 366 g/mol. The van der Waals surface area contributed by atoms with Gasteiger partial charge in [-0.05, 0) is 39.3 Å². The molecule has 1 aromatic carbocycles. The van der Waals surface area contributed by atoms with Crippen LogP contribution in [0.2, 0.25) is 0 Å². The fourth-order valence-corrected chi connectivity index (χ4v) is 5.45. The second kappa shape index (κ2) is 7.90. The van der Waals surface area contributed by atoms with Crippen LogP contribution in [0.15, 0.2) is 29.2 Å². The highest BCUT2D eigenvalue weighted by Gasteiger charge is 2.58. The summed E-state index contributed by atoms with van der Waals surface area (Å²) in [6.07, 6.45) is 7.80. The maximum atomic E-state index is 12.9. The van der Waals surface area contributed by atoms with Crippen molar-refractivity contribution in [2.45, 2.75) is 83.1 Å². The van der Waals surface area contributed by atoms with E-state index in [4.69, 9.17) is 0 Å². The molecule has 1 aliphatic heterocycles. The van der Waals surface area contributed by atoms with E-state index in [1.54, 1.807) is 24.3 Å². The van der Waals surface area contributed by atoms with E-state index >= 15 is 0 Å². The molecule has 0 bridgehead atoms. The summed E-state index contributed by atoms with van der Waals surface area (Å²) in [5.74, 6) is -0.446. The molecule has 0 saturated carbocycles.